The maximum Gasteiger partial charge on any atom is 0.320 e. The summed E-state index contributed by atoms with van der Waals surface area (Å²) in [6.45, 7) is 5.33. The van der Waals surface area contributed by atoms with Gasteiger partial charge < -0.3 is 9.72 Å². The van der Waals surface area contributed by atoms with Crippen LogP contribution in [0.3, 0.4) is 0 Å². The average molecular weight is 340 g/mol. The molecule has 2 aliphatic heterocycles. The predicted molar refractivity (Wildman–Crippen MR) is 95.3 cm³/mol. The molecule has 2 aliphatic rings. The molecule has 0 saturated carbocycles. The average Bonchev–Trinajstić information content (AvgIpc) is 3.00. The number of carbonyl (C=O) groups excluding carboxylic acids is 2. The number of aromatic amines is 1. The number of hydrogen-bond acceptors (Lipinski definition) is 4. The number of rotatable bonds is 3. The van der Waals surface area contributed by atoms with Crippen LogP contribution >= 0.6 is 0 Å². The first-order valence-electron chi connectivity index (χ1n) is 9.14. The molecule has 2 aromatic rings. The molecule has 1 saturated heterocycles. The third kappa shape index (κ3) is 2.33. The molecule has 0 spiro atoms. The van der Waals surface area contributed by atoms with Gasteiger partial charge in [0.25, 0.3) is 0 Å². The number of benzene rings is 1. The fraction of sp³-hybridized carbons (Fsp3) is 0.500. The molecular formula is C20H24N2O3. The number of para-hydroxylation sites is 1. The van der Waals surface area contributed by atoms with Gasteiger partial charge in [-0.05, 0) is 31.4 Å². The van der Waals surface area contributed by atoms with Gasteiger partial charge >= 0.3 is 5.97 Å². The van der Waals surface area contributed by atoms with E-state index >= 15 is 0 Å². The molecule has 1 aromatic carbocycles. The molecule has 0 radical (unpaired) electrons. The Morgan fingerprint density at radius 2 is 2.16 bits per heavy atom. The second-order valence-corrected chi connectivity index (χ2v) is 7.08. The van der Waals surface area contributed by atoms with Gasteiger partial charge in [-0.3, -0.25) is 14.5 Å². The summed E-state index contributed by atoms with van der Waals surface area (Å²) in [5, 5.41) is 1.25. The maximum absolute atomic E-state index is 13.0. The zero-order valence-corrected chi connectivity index (χ0v) is 14.8. The fourth-order valence-corrected chi connectivity index (χ4v) is 4.50. The summed E-state index contributed by atoms with van der Waals surface area (Å²) in [6, 6.07) is 8.34. The SMILES string of the molecule is CCOC(=O)[C@@]1(CC)CN2CCc3c([nH]c4ccccc34)[C@@H]2CC1=O. The molecule has 0 bridgehead atoms. The zero-order chi connectivity index (χ0) is 17.6. The summed E-state index contributed by atoms with van der Waals surface area (Å²) in [5.74, 6) is -0.343. The topological polar surface area (TPSA) is 62.4 Å². The summed E-state index contributed by atoms with van der Waals surface area (Å²) >= 11 is 0. The Bertz CT molecular complexity index is 841. The summed E-state index contributed by atoms with van der Waals surface area (Å²) in [4.78, 5) is 31.4. The van der Waals surface area contributed by atoms with Crippen molar-refractivity contribution in [2.45, 2.75) is 39.2 Å². The van der Waals surface area contributed by atoms with Gasteiger partial charge in [-0.2, -0.15) is 0 Å². The molecule has 0 amide bonds. The van der Waals surface area contributed by atoms with Crippen LogP contribution in [0.25, 0.3) is 10.9 Å². The van der Waals surface area contributed by atoms with Gasteiger partial charge in [-0.25, -0.2) is 0 Å². The molecular weight excluding hydrogens is 316 g/mol. The van der Waals surface area contributed by atoms with E-state index in [4.69, 9.17) is 4.74 Å². The van der Waals surface area contributed by atoms with E-state index in [1.54, 1.807) is 6.92 Å². The van der Waals surface area contributed by atoms with Gasteiger partial charge in [0.15, 0.2) is 5.78 Å². The summed E-state index contributed by atoms with van der Waals surface area (Å²) in [6.07, 6.45) is 1.80. The minimum absolute atomic E-state index is 0.0150. The Hall–Kier alpha value is -2.14. The van der Waals surface area contributed by atoms with Gasteiger partial charge in [-0.1, -0.05) is 25.1 Å². The fourth-order valence-electron chi connectivity index (χ4n) is 4.50. The lowest BCUT2D eigenvalue weighted by molar-refractivity contribution is -0.166. The van der Waals surface area contributed by atoms with Crippen LogP contribution in [0, 0.1) is 5.41 Å². The highest BCUT2D eigenvalue weighted by atomic mass is 16.5. The Morgan fingerprint density at radius 3 is 2.92 bits per heavy atom. The zero-order valence-electron chi connectivity index (χ0n) is 14.8. The monoisotopic (exact) mass is 340 g/mol. The van der Waals surface area contributed by atoms with Crippen molar-refractivity contribution in [3.8, 4) is 0 Å². The molecule has 1 aromatic heterocycles. The summed E-state index contributed by atoms with van der Waals surface area (Å²) < 4.78 is 5.25. The van der Waals surface area contributed by atoms with Gasteiger partial charge in [0.1, 0.15) is 5.41 Å². The normalized spacial score (nSPS) is 26.3. The molecule has 5 heteroatoms. The van der Waals surface area contributed by atoms with Crippen LogP contribution in [-0.2, 0) is 20.7 Å². The van der Waals surface area contributed by atoms with Crippen molar-refractivity contribution in [1.82, 2.24) is 9.88 Å². The molecule has 4 rings (SSSR count). The second kappa shape index (κ2) is 5.99. The van der Waals surface area contributed by atoms with Crippen molar-refractivity contribution in [2.75, 3.05) is 19.7 Å². The van der Waals surface area contributed by atoms with Crippen LogP contribution in [0.4, 0.5) is 0 Å². The van der Waals surface area contributed by atoms with Gasteiger partial charge in [-0.15, -0.1) is 0 Å². The van der Waals surface area contributed by atoms with E-state index in [2.05, 4.69) is 28.1 Å². The molecule has 1 N–H and O–H groups in total. The van der Waals surface area contributed by atoms with Gasteiger partial charge in [0.2, 0.25) is 0 Å². The number of fused-ring (bicyclic) bond motifs is 5. The number of piperidine rings is 1. The van der Waals surface area contributed by atoms with E-state index in [0.29, 0.717) is 26.0 Å². The smallest absolute Gasteiger partial charge is 0.320 e. The highest BCUT2D eigenvalue weighted by molar-refractivity contribution is 6.05. The first-order chi connectivity index (χ1) is 12.1. The number of H-pyrrole nitrogens is 1. The highest BCUT2D eigenvalue weighted by Crippen LogP contribution is 2.44. The first-order valence-corrected chi connectivity index (χ1v) is 9.14. The van der Waals surface area contributed by atoms with Crippen molar-refractivity contribution in [3.05, 3.63) is 35.5 Å². The lowest BCUT2D eigenvalue weighted by atomic mass is 9.72. The maximum atomic E-state index is 13.0. The van der Waals surface area contributed by atoms with Crippen LogP contribution in [0.15, 0.2) is 24.3 Å². The molecule has 1 fully saturated rings. The number of nitrogens with zero attached hydrogens (tertiary/aromatic N) is 1. The van der Waals surface area contributed by atoms with Crippen molar-refractivity contribution in [1.29, 1.82) is 0 Å². The summed E-state index contributed by atoms with van der Waals surface area (Å²) in [7, 11) is 0. The van der Waals surface area contributed by atoms with Crippen LogP contribution < -0.4 is 0 Å². The number of carbonyl (C=O) groups is 2. The Kier molecular flexibility index (Phi) is 3.91. The number of aromatic nitrogens is 1. The molecule has 0 unspecified atom stereocenters. The largest absolute Gasteiger partial charge is 0.465 e. The van der Waals surface area contributed by atoms with Crippen LogP contribution in [-0.4, -0.2) is 41.3 Å². The molecule has 2 atom stereocenters. The summed E-state index contributed by atoms with van der Waals surface area (Å²) in [5.41, 5.74) is 2.59. The first kappa shape index (κ1) is 16.3. The van der Waals surface area contributed by atoms with Crippen LogP contribution in [0.1, 0.15) is 44.0 Å². The molecule has 0 aliphatic carbocycles. The second-order valence-electron chi connectivity index (χ2n) is 7.08. The Morgan fingerprint density at radius 1 is 1.36 bits per heavy atom. The Labute approximate surface area is 147 Å². The number of ketones is 1. The van der Waals surface area contributed by atoms with E-state index < -0.39 is 5.41 Å². The van der Waals surface area contributed by atoms with Gasteiger partial charge in [0, 0.05) is 36.1 Å². The van der Waals surface area contributed by atoms with Crippen molar-refractivity contribution in [3.63, 3.8) is 0 Å². The predicted octanol–water partition coefficient (Wildman–Crippen LogP) is 3.00. The number of esters is 1. The lowest BCUT2D eigenvalue weighted by Crippen LogP contribution is -2.56. The number of Topliss-reactive ketones (excluding diaryl/α,β-unsaturated/α-hetero) is 1. The quantitative estimate of drug-likeness (QED) is 0.689. The number of hydrogen-bond donors (Lipinski definition) is 1. The molecule has 25 heavy (non-hydrogen) atoms. The van der Waals surface area contributed by atoms with Crippen LogP contribution in [0.2, 0.25) is 0 Å². The third-order valence-corrected chi connectivity index (χ3v) is 5.92. The van der Waals surface area contributed by atoms with Crippen molar-refractivity contribution < 1.29 is 14.3 Å². The minimum atomic E-state index is -1.00. The van der Waals surface area contributed by atoms with Crippen molar-refractivity contribution in [2.24, 2.45) is 5.41 Å². The minimum Gasteiger partial charge on any atom is -0.465 e. The van der Waals surface area contributed by atoms with E-state index in [9.17, 15) is 9.59 Å². The lowest BCUT2D eigenvalue weighted by Gasteiger charge is -2.46. The van der Waals surface area contributed by atoms with Gasteiger partial charge in [0.05, 0.1) is 12.6 Å². The van der Waals surface area contributed by atoms with Crippen molar-refractivity contribution >= 4 is 22.7 Å². The van der Waals surface area contributed by atoms with E-state index in [0.717, 1.165) is 24.2 Å². The third-order valence-electron chi connectivity index (χ3n) is 5.92. The van der Waals surface area contributed by atoms with E-state index in [-0.39, 0.29) is 17.8 Å². The standard InChI is InChI=1S/C20H24N2O3/c1-3-20(19(24)25-4-2)12-22-10-9-14-13-7-5-6-8-15(13)21-18(14)16(22)11-17(20)23/h5-8,16,21H,3-4,9-12H2,1-2H3/t16-,20-/m0/s1. The molecule has 132 valence electrons. The number of nitrogens with one attached hydrogen (secondary N) is 1. The highest BCUT2D eigenvalue weighted by Gasteiger charge is 2.53. The molecule has 5 nitrogen and oxygen atoms in total. The Balaban J connectivity index is 1.71. The number of ether oxygens (including phenoxy) is 1. The van der Waals surface area contributed by atoms with E-state index in [1.165, 1.54) is 10.9 Å². The van der Waals surface area contributed by atoms with Crippen LogP contribution in [0.5, 0.6) is 0 Å². The molecule has 3 heterocycles. The van der Waals surface area contributed by atoms with E-state index in [1.807, 2.05) is 13.0 Å².